The van der Waals surface area contributed by atoms with Crippen LogP contribution in [0, 0.1) is 0 Å². The molecule has 1 amide bonds. The van der Waals surface area contributed by atoms with Gasteiger partial charge in [0.2, 0.25) is 0 Å². The van der Waals surface area contributed by atoms with E-state index in [1.165, 1.54) is 0 Å². The van der Waals surface area contributed by atoms with E-state index in [1.54, 1.807) is 30.3 Å². The molecule has 7 nitrogen and oxygen atoms in total. The first-order chi connectivity index (χ1) is 13.1. The van der Waals surface area contributed by atoms with Crippen molar-refractivity contribution in [2.75, 3.05) is 26.4 Å². The molecule has 0 fully saturated rings. The first-order valence-corrected chi connectivity index (χ1v) is 8.68. The van der Waals surface area contributed by atoms with E-state index in [2.05, 4.69) is 5.32 Å². The Bertz CT molecular complexity index is 812. The van der Waals surface area contributed by atoms with Gasteiger partial charge < -0.3 is 24.3 Å². The van der Waals surface area contributed by atoms with Crippen molar-refractivity contribution >= 4 is 23.5 Å². The second-order valence-corrected chi connectivity index (χ2v) is 6.09. The normalized spacial score (nSPS) is 14.9. The molecule has 0 saturated carbocycles. The van der Waals surface area contributed by atoms with Crippen molar-refractivity contribution in [1.29, 1.82) is 0 Å². The van der Waals surface area contributed by atoms with Gasteiger partial charge in [-0.25, -0.2) is 4.79 Å². The number of halogens is 1. The fourth-order valence-electron chi connectivity index (χ4n) is 2.33. The van der Waals surface area contributed by atoms with Gasteiger partial charge in [0.1, 0.15) is 18.5 Å². The molecule has 27 heavy (non-hydrogen) atoms. The average molecular weight is 392 g/mol. The molecular weight excluding hydrogens is 374 g/mol. The van der Waals surface area contributed by atoms with E-state index in [0.717, 1.165) is 0 Å². The number of para-hydroxylation sites is 3. The van der Waals surface area contributed by atoms with Crippen LogP contribution >= 0.6 is 11.6 Å². The van der Waals surface area contributed by atoms with Gasteiger partial charge in [-0.3, -0.25) is 4.79 Å². The highest BCUT2D eigenvalue weighted by Crippen LogP contribution is 2.30. The minimum absolute atomic E-state index is 0.237. The minimum Gasteiger partial charge on any atom is -0.486 e. The molecule has 8 heteroatoms. The second-order valence-electron chi connectivity index (χ2n) is 5.68. The number of esters is 1. The predicted molar refractivity (Wildman–Crippen MR) is 97.3 cm³/mol. The summed E-state index contributed by atoms with van der Waals surface area (Å²) in [4.78, 5) is 23.5. The van der Waals surface area contributed by atoms with Gasteiger partial charge in [-0.05, 0) is 24.3 Å². The molecule has 1 heterocycles. The zero-order valence-electron chi connectivity index (χ0n) is 14.4. The van der Waals surface area contributed by atoms with Crippen molar-refractivity contribution in [2.24, 2.45) is 0 Å². The number of ether oxygens (including phenoxy) is 4. The molecule has 2 aromatic carbocycles. The summed E-state index contributed by atoms with van der Waals surface area (Å²) in [6.45, 7) is -0.189. The van der Waals surface area contributed by atoms with Gasteiger partial charge in [-0.15, -0.1) is 0 Å². The van der Waals surface area contributed by atoms with E-state index in [4.69, 9.17) is 30.5 Å². The van der Waals surface area contributed by atoms with Crippen LogP contribution in [0.2, 0.25) is 5.02 Å². The lowest BCUT2D eigenvalue weighted by atomic mass is 10.2. The predicted octanol–water partition coefficient (Wildman–Crippen LogP) is 2.22. The van der Waals surface area contributed by atoms with Crippen LogP contribution in [-0.2, 0) is 14.3 Å². The average Bonchev–Trinajstić information content (AvgIpc) is 2.70. The summed E-state index contributed by atoms with van der Waals surface area (Å²) in [7, 11) is 0. The summed E-state index contributed by atoms with van der Waals surface area (Å²) in [5, 5.41) is 3.03. The lowest BCUT2D eigenvalue weighted by Gasteiger charge is -2.26. The van der Waals surface area contributed by atoms with Crippen LogP contribution in [0.4, 0.5) is 0 Å². The molecule has 0 saturated heterocycles. The Morgan fingerprint density at radius 1 is 1.07 bits per heavy atom. The molecule has 2 aromatic rings. The number of amides is 1. The van der Waals surface area contributed by atoms with Crippen molar-refractivity contribution in [3.63, 3.8) is 0 Å². The fraction of sp³-hybridized carbons (Fsp3) is 0.263. The number of rotatable bonds is 7. The number of carbonyl (C=O) groups is 2. The quantitative estimate of drug-likeness (QED) is 0.729. The molecular formula is C19H18ClNO6. The molecule has 0 spiro atoms. The van der Waals surface area contributed by atoms with Crippen molar-refractivity contribution in [2.45, 2.75) is 6.10 Å². The van der Waals surface area contributed by atoms with Crippen LogP contribution in [0.1, 0.15) is 0 Å². The molecule has 0 unspecified atom stereocenters. The van der Waals surface area contributed by atoms with Crippen molar-refractivity contribution < 1.29 is 28.5 Å². The molecule has 0 radical (unpaired) electrons. The maximum Gasteiger partial charge on any atom is 0.344 e. The first-order valence-electron chi connectivity index (χ1n) is 8.30. The Morgan fingerprint density at radius 2 is 1.81 bits per heavy atom. The van der Waals surface area contributed by atoms with Gasteiger partial charge >= 0.3 is 5.97 Å². The second kappa shape index (κ2) is 9.14. The highest BCUT2D eigenvalue weighted by atomic mass is 35.5. The van der Waals surface area contributed by atoms with Crippen LogP contribution in [0.15, 0.2) is 48.5 Å². The maximum absolute atomic E-state index is 11.8. The molecule has 1 aliphatic rings. The van der Waals surface area contributed by atoms with Crippen LogP contribution in [0.5, 0.6) is 17.2 Å². The van der Waals surface area contributed by atoms with Crippen molar-refractivity contribution in [3.05, 3.63) is 53.6 Å². The van der Waals surface area contributed by atoms with E-state index in [9.17, 15) is 9.59 Å². The summed E-state index contributed by atoms with van der Waals surface area (Å²) >= 11 is 5.92. The summed E-state index contributed by atoms with van der Waals surface area (Å²) < 4.78 is 21.4. The van der Waals surface area contributed by atoms with Gasteiger partial charge in [0.15, 0.2) is 24.7 Å². The van der Waals surface area contributed by atoms with Gasteiger partial charge in [0.25, 0.3) is 5.91 Å². The topological polar surface area (TPSA) is 83.1 Å². The summed E-state index contributed by atoms with van der Waals surface area (Å²) in [6.07, 6.45) is -0.317. The molecule has 0 aromatic heterocycles. The summed E-state index contributed by atoms with van der Waals surface area (Å²) in [5.74, 6) is 0.564. The molecule has 142 valence electrons. The minimum atomic E-state index is -0.670. The highest BCUT2D eigenvalue weighted by Gasteiger charge is 2.21. The zero-order valence-corrected chi connectivity index (χ0v) is 15.1. The molecule has 0 aliphatic carbocycles. The van der Waals surface area contributed by atoms with E-state index in [0.29, 0.717) is 28.9 Å². The Balaban J connectivity index is 1.34. The SMILES string of the molecule is O=C(COC(=O)COc1ccccc1Cl)NC[C@@H]1COc2ccccc2O1. The monoisotopic (exact) mass is 391 g/mol. The number of fused-ring (bicyclic) bond motifs is 1. The lowest BCUT2D eigenvalue weighted by molar-refractivity contribution is -0.150. The largest absolute Gasteiger partial charge is 0.486 e. The Kier molecular flexibility index (Phi) is 6.38. The Labute approximate surface area is 161 Å². The van der Waals surface area contributed by atoms with Crippen molar-refractivity contribution in [1.82, 2.24) is 5.32 Å². The van der Waals surface area contributed by atoms with E-state index in [-0.39, 0.29) is 19.3 Å². The van der Waals surface area contributed by atoms with E-state index >= 15 is 0 Å². The third-order valence-electron chi connectivity index (χ3n) is 3.64. The zero-order chi connectivity index (χ0) is 19.1. The summed E-state index contributed by atoms with van der Waals surface area (Å²) in [6, 6.07) is 14.1. The third kappa shape index (κ3) is 5.52. The number of hydrogen-bond donors (Lipinski definition) is 1. The lowest BCUT2D eigenvalue weighted by Crippen LogP contribution is -2.42. The smallest absolute Gasteiger partial charge is 0.344 e. The van der Waals surface area contributed by atoms with E-state index in [1.807, 2.05) is 18.2 Å². The molecule has 0 bridgehead atoms. The highest BCUT2D eigenvalue weighted by molar-refractivity contribution is 6.32. The first kappa shape index (κ1) is 18.8. The van der Waals surface area contributed by atoms with Crippen LogP contribution < -0.4 is 19.5 Å². The third-order valence-corrected chi connectivity index (χ3v) is 3.95. The maximum atomic E-state index is 11.8. The molecule has 1 atom stereocenters. The van der Waals surface area contributed by atoms with Crippen LogP contribution in [-0.4, -0.2) is 44.3 Å². The number of carbonyl (C=O) groups excluding carboxylic acids is 2. The molecule has 1 N–H and O–H groups in total. The number of nitrogens with one attached hydrogen (secondary N) is 1. The van der Waals surface area contributed by atoms with Crippen LogP contribution in [0.3, 0.4) is 0 Å². The fourth-order valence-corrected chi connectivity index (χ4v) is 2.52. The van der Waals surface area contributed by atoms with Gasteiger partial charge in [-0.2, -0.15) is 0 Å². The van der Waals surface area contributed by atoms with Crippen molar-refractivity contribution in [3.8, 4) is 17.2 Å². The van der Waals surface area contributed by atoms with Crippen LogP contribution in [0.25, 0.3) is 0 Å². The van der Waals surface area contributed by atoms with E-state index < -0.39 is 18.5 Å². The van der Waals surface area contributed by atoms with Gasteiger partial charge in [-0.1, -0.05) is 35.9 Å². The summed E-state index contributed by atoms with van der Waals surface area (Å²) in [5.41, 5.74) is 0. The number of hydrogen-bond acceptors (Lipinski definition) is 6. The molecule has 1 aliphatic heterocycles. The molecule has 3 rings (SSSR count). The Morgan fingerprint density at radius 3 is 2.63 bits per heavy atom. The van der Waals surface area contributed by atoms with Gasteiger partial charge in [0, 0.05) is 0 Å². The van der Waals surface area contributed by atoms with Gasteiger partial charge in [0.05, 0.1) is 11.6 Å². The number of benzene rings is 2. The standard InChI is InChI=1S/C19H18ClNO6/c20-14-5-1-2-6-15(14)25-12-19(23)26-11-18(22)21-9-13-10-24-16-7-3-4-8-17(16)27-13/h1-8,13H,9-12H2,(H,21,22)/t13-/m1/s1. The Hall–Kier alpha value is -2.93.